The first kappa shape index (κ1) is 18.5. The summed E-state index contributed by atoms with van der Waals surface area (Å²) in [4.78, 5) is 6.67. The molecule has 27 heavy (non-hydrogen) atoms. The van der Waals surface area contributed by atoms with Crippen LogP contribution < -0.4 is 11.1 Å². The summed E-state index contributed by atoms with van der Waals surface area (Å²) in [5.41, 5.74) is 7.35. The molecule has 3 rings (SSSR count). The Labute approximate surface area is 158 Å². The zero-order valence-electron chi connectivity index (χ0n) is 15.2. The number of pyridine rings is 1. The summed E-state index contributed by atoms with van der Waals surface area (Å²) in [6.07, 6.45) is 2.25. The highest BCUT2D eigenvalue weighted by atomic mass is 16.3. The number of phenolic OH excluding ortho intramolecular Hbond substituents is 1. The number of rotatable bonds is 5. The van der Waals surface area contributed by atoms with Crippen molar-refractivity contribution in [3.05, 3.63) is 35.4 Å². The number of aromatic hydroxyl groups is 1. The van der Waals surface area contributed by atoms with Gasteiger partial charge in [-0.1, -0.05) is 19.1 Å². The molecule has 0 spiro atoms. The van der Waals surface area contributed by atoms with E-state index in [4.69, 9.17) is 5.73 Å². The van der Waals surface area contributed by atoms with Crippen LogP contribution in [0, 0.1) is 22.7 Å². The van der Waals surface area contributed by atoms with Crippen LogP contribution in [0.2, 0.25) is 0 Å². The molecular formula is C20H22N6O. The van der Waals surface area contributed by atoms with Gasteiger partial charge in [0.1, 0.15) is 40.7 Å². The molecule has 1 aromatic heterocycles. The summed E-state index contributed by atoms with van der Waals surface area (Å²) < 4.78 is 0. The average molecular weight is 362 g/mol. The second-order valence-electron chi connectivity index (χ2n) is 6.55. The third-order valence-corrected chi connectivity index (χ3v) is 4.99. The number of likely N-dealkylation sites (tertiary alicyclic amines) is 1. The van der Waals surface area contributed by atoms with E-state index in [1.54, 1.807) is 12.1 Å². The lowest BCUT2D eigenvalue weighted by Crippen LogP contribution is -2.35. The van der Waals surface area contributed by atoms with Crippen LogP contribution >= 0.6 is 0 Å². The third kappa shape index (κ3) is 3.64. The van der Waals surface area contributed by atoms with Crippen LogP contribution in [-0.2, 0) is 0 Å². The van der Waals surface area contributed by atoms with Crippen LogP contribution in [0.3, 0.4) is 0 Å². The summed E-state index contributed by atoms with van der Waals surface area (Å²) in [7, 11) is 0. The molecular weight excluding hydrogens is 340 g/mol. The van der Waals surface area contributed by atoms with Crippen molar-refractivity contribution in [2.24, 2.45) is 0 Å². The first-order chi connectivity index (χ1) is 13.1. The summed E-state index contributed by atoms with van der Waals surface area (Å²) >= 11 is 0. The van der Waals surface area contributed by atoms with Gasteiger partial charge in [-0.2, -0.15) is 10.5 Å². The molecule has 2 heterocycles. The number of nitrogens with one attached hydrogen (secondary N) is 1. The summed E-state index contributed by atoms with van der Waals surface area (Å²) in [5.74, 6) is 0.487. The average Bonchev–Trinajstić information content (AvgIpc) is 3.13. The molecule has 1 unspecified atom stereocenters. The number of nitrogen functional groups attached to an aromatic ring is 1. The second kappa shape index (κ2) is 7.94. The Balaban J connectivity index is 2.03. The quantitative estimate of drug-likeness (QED) is 0.747. The fourth-order valence-corrected chi connectivity index (χ4v) is 3.66. The molecule has 1 aliphatic rings. The molecule has 7 nitrogen and oxygen atoms in total. The predicted octanol–water partition coefficient (Wildman–Crippen LogP) is 2.68. The lowest BCUT2D eigenvalue weighted by Gasteiger charge is -2.24. The Morgan fingerprint density at radius 1 is 1.33 bits per heavy atom. The van der Waals surface area contributed by atoms with Crippen LogP contribution in [0.4, 0.5) is 11.6 Å². The monoisotopic (exact) mass is 362 g/mol. The van der Waals surface area contributed by atoms with Gasteiger partial charge in [-0.15, -0.1) is 0 Å². The maximum absolute atomic E-state index is 9.81. The molecule has 0 aliphatic carbocycles. The molecule has 7 heteroatoms. The minimum absolute atomic E-state index is 0.0507. The molecule has 0 radical (unpaired) electrons. The van der Waals surface area contributed by atoms with Gasteiger partial charge in [0.15, 0.2) is 0 Å². The third-order valence-electron chi connectivity index (χ3n) is 4.99. The SMILES string of the molecule is CCN1CCCC1CNc1nc(N)c(C#N)c(-c2cccc(O)c2)c1C#N. The summed E-state index contributed by atoms with van der Waals surface area (Å²) in [5, 5.41) is 32.4. The molecule has 0 saturated carbocycles. The van der Waals surface area contributed by atoms with Crippen molar-refractivity contribution in [2.45, 2.75) is 25.8 Å². The van der Waals surface area contributed by atoms with Gasteiger partial charge in [0, 0.05) is 18.2 Å². The molecule has 1 fully saturated rings. The summed E-state index contributed by atoms with van der Waals surface area (Å²) in [6, 6.07) is 11.0. The van der Waals surface area contributed by atoms with Crippen LogP contribution in [0.25, 0.3) is 11.1 Å². The Kier molecular flexibility index (Phi) is 5.44. The highest BCUT2D eigenvalue weighted by Crippen LogP contribution is 2.35. The van der Waals surface area contributed by atoms with Crippen molar-refractivity contribution in [3.63, 3.8) is 0 Å². The largest absolute Gasteiger partial charge is 0.508 e. The Morgan fingerprint density at radius 2 is 2.11 bits per heavy atom. The number of phenols is 1. The number of hydrogen-bond donors (Lipinski definition) is 3. The second-order valence-corrected chi connectivity index (χ2v) is 6.55. The number of hydrogen-bond acceptors (Lipinski definition) is 7. The van der Waals surface area contributed by atoms with E-state index in [1.807, 2.05) is 6.07 Å². The Hall–Kier alpha value is -3.29. The molecule has 1 aliphatic heterocycles. The highest BCUT2D eigenvalue weighted by molar-refractivity contribution is 5.85. The van der Waals surface area contributed by atoms with E-state index >= 15 is 0 Å². The molecule has 1 aromatic carbocycles. The van der Waals surface area contributed by atoms with E-state index < -0.39 is 0 Å². The fraction of sp³-hybridized carbons (Fsp3) is 0.350. The maximum atomic E-state index is 9.81. The highest BCUT2D eigenvalue weighted by Gasteiger charge is 2.25. The predicted molar refractivity (Wildman–Crippen MR) is 104 cm³/mol. The van der Waals surface area contributed by atoms with E-state index in [0.29, 0.717) is 29.5 Å². The minimum Gasteiger partial charge on any atom is -0.508 e. The number of likely N-dealkylation sites (N-methyl/N-ethyl adjacent to an activating group) is 1. The van der Waals surface area contributed by atoms with Crippen LogP contribution in [0.15, 0.2) is 24.3 Å². The van der Waals surface area contributed by atoms with Crippen molar-refractivity contribution < 1.29 is 5.11 Å². The lowest BCUT2D eigenvalue weighted by atomic mass is 9.96. The van der Waals surface area contributed by atoms with Crippen LogP contribution in [0.1, 0.15) is 30.9 Å². The van der Waals surface area contributed by atoms with Crippen molar-refractivity contribution in [1.82, 2.24) is 9.88 Å². The van der Waals surface area contributed by atoms with Crippen LogP contribution in [-0.4, -0.2) is 40.7 Å². The molecule has 0 bridgehead atoms. The van der Waals surface area contributed by atoms with E-state index in [2.05, 4.69) is 28.2 Å². The van der Waals surface area contributed by atoms with Crippen molar-refractivity contribution in [2.75, 3.05) is 30.7 Å². The smallest absolute Gasteiger partial charge is 0.147 e. The van der Waals surface area contributed by atoms with Gasteiger partial charge in [0.05, 0.1) is 0 Å². The maximum Gasteiger partial charge on any atom is 0.147 e. The molecule has 138 valence electrons. The van der Waals surface area contributed by atoms with E-state index in [0.717, 1.165) is 25.9 Å². The fourth-order valence-electron chi connectivity index (χ4n) is 3.66. The van der Waals surface area contributed by atoms with E-state index in [1.165, 1.54) is 12.1 Å². The molecule has 4 N–H and O–H groups in total. The number of benzene rings is 1. The van der Waals surface area contributed by atoms with Crippen molar-refractivity contribution >= 4 is 11.6 Å². The van der Waals surface area contributed by atoms with Gasteiger partial charge in [0.25, 0.3) is 0 Å². The van der Waals surface area contributed by atoms with E-state index in [-0.39, 0.29) is 22.7 Å². The topological polar surface area (TPSA) is 122 Å². The first-order valence-electron chi connectivity index (χ1n) is 9.00. The number of nitriles is 2. The van der Waals surface area contributed by atoms with Gasteiger partial charge in [-0.3, -0.25) is 4.90 Å². The van der Waals surface area contributed by atoms with Crippen LogP contribution in [0.5, 0.6) is 5.75 Å². The standard InChI is InChI=1S/C20H22N6O/c1-2-26-8-4-6-14(26)12-24-20-17(11-22)18(16(10-21)19(23)25-20)13-5-3-7-15(27)9-13/h3,5,7,9,14,27H,2,4,6,8,12H2,1H3,(H3,23,24,25). The lowest BCUT2D eigenvalue weighted by molar-refractivity contribution is 0.277. The Morgan fingerprint density at radius 3 is 2.78 bits per heavy atom. The van der Waals surface area contributed by atoms with Gasteiger partial charge < -0.3 is 16.2 Å². The molecule has 1 atom stereocenters. The first-order valence-corrected chi connectivity index (χ1v) is 9.00. The minimum atomic E-state index is 0.0507. The number of nitrogens with zero attached hydrogens (tertiary/aromatic N) is 4. The van der Waals surface area contributed by atoms with Gasteiger partial charge in [-0.05, 0) is 43.6 Å². The number of nitrogens with two attached hydrogens (primary N) is 1. The van der Waals surface area contributed by atoms with E-state index in [9.17, 15) is 15.6 Å². The zero-order valence-corrected chi connectivity index (χ0v) is 15.2. The van der Waals surface area contributed by atoms with Gasteiger partial charge in [-0.25, -0.2) is 4.98 Å². The number of aromatic nitrogens is 1. The Bertz CT molecular complexity index is 927. The molecule has 1 saturated heterocycles. The van der Waals surface area contributed by atoms with Gasteiger partial charge in [0.2, 0.25) is 0 Å². The van der Waals surface area contributed by atoms with Crippen molar-refractivity contribution in [1.29, 1.82) is 10.5 Å². The number of anilines is 2. The van der Waals surface area contributed by atoms with Gasteiger partial charge >= 0.3 is 0 Å². The van der Waals surface area contributed by atoms with Crippen molar-refractivity contribution in [3.8, 4) is 29.0 Å². The zero-order chi connectivity index (χ0) is 19.4. The summed E-state index contributed by atoms with van der Waals surface area (Å²) in [6.45, 7) is 4.84. The molecule has 0 amide bonds. The normalized spacial score (nSPS) is 16.6. The molecule has 2 aromatic rings.